The van der Waals surface area contributed by atoms with E-state index in [1.165, 1.54) is 17.9 Å². The monoisotopic (exact) mass is 590 g/mol. The summed E-state index contributed by atoms with van der Waals surface area (Å²) in [6.45, 7) is 2.84. The van der Waals surface area contributed by atoms with Crippen molar-refractivity contribution in [1.82, 2.24) is 15.1 Å². The summed E-state index contributed by atoms with van der Waals surface area (Å²) in [7, 11) is 0. The Morgan fingerprint density at radius 3 is 2.28 bits per heavy atom. The zero-order valence-corrected chi connectivity index (χ0v) is 22.9. The number of alkyl halides is 2. The van der Waals surface area contributed by atoms with Crippen molar-refractivity contribution in [3.05, 3.63) is 64.2 Å². The van der Waals surface area contributed by atoms with Crippen molar-refractivity contribution in [2.24, 2.45) is 0 Å². The zero-order valence-electron chi connectivity index (χ0n) is 21.2. The number of hydrogen-bond acceptors (Lipinski definition) is 5. The van der Waals surface area contributed by atoms with Gasteiger partial charge >= 0.3 is 0 Å². The van der Waals surface area contributed by atoms with Crippen LogP contribution >= 0.6 is 25.1 Å². The molecule has 0 aliphatic carbocycles. The topological polar surface area (TPSA) is 84.9 Å². The number of amides is 2. The number of likely N-dealkylation sites (tertiary alicyclic amines) is 2. The van der Waals surface area contributed by atoms with Crippen molar-refractivity contribution in [1.29, 1.82) is 0 Å². The highest BCUT2D eigenvalue weighted by molar-refractivity contribution is 7.59. The molecule has 2 aromatic rings. The first kappa shape index (κ1) is 31.0. The Morgan fingerprint density at radius 2 is 1.72 bits per heavy atom. The van der Waals surface area contributed by atoms with Gasteiger partial charge in [0.2, 0.25) is 0 Å². The Labute approximate surface area is 235 Å². The van der Waals surface area contributed by atoms with E-state index in [-0.39, 0.29) is 41.7 Å². The Balaban J connectivity index is 0.00000420. The number of hydrogen-bond donors (Lipinski definition) is 3. The summed E-state index contributed by atoms with van der Waals surface area (Å²) in [6.07, 6.45) is -1.25. The first-order valence-corrected chi connectivity index (χ1v) is 12.7. The zero-order chi connectivity index (χ0) is 27.6. The van der Waals surface area contributed by atoms with Crippen molar-refractivity contribution < 1.29 is 32.3 Å². The average molecular weight is 591 g/mol. The fourth-order valence-electron chi connectivity index (χ4n) is 4.89. The molecule has 0 spiro atoms. The van der Waals surface area contributed by atoms with Crippen LogP contribution in [-0.4, -0.2) is 78.0 Å². The lowest BCUT2D eigenvalue weighted by molar-refractivity contribution is -0.152. The van der Waals surface area contributed by atoms with Crippen molar-refractivity contribution in [2.75, 3.05) is 38.0 Å². The molecule has 0 unspecified atom stereocenters. The minimum atomic E-state index is -2.64. The van der Waals surface area contributed by atoms with Gasteiger partial charge < -0.3 is 20.6 Å². The maximum atomic E-state index is 13.6. The van der Waals surface area contributed by atoms with Gasteiger partial charge in [-0.3, -0.25) is 14.5 Å². The number of piperidine rings is 1. The smallest absolute Gasteiger partial charge is 0.258 e. The predicted molar refractivity (Wildman–Crippen MR) is 145 cm³/mol. The maximum absolute atomic E-state index is 13.6. The van der Waals surface area contributed by atoms with Gasteiger partial charge in [0.1, 0.15) is 11.6 Å². The third-order valence-electron chi connectivity index (χ3n) is 7.02. The number of carbonyl (C=O) groups excluding carboxylic acids is 2. The number of benzene rings is 2. The molecule has 2 aliphatic heterocycles. The molecule has 2 fully saturated rings. The summed E-state index contributed by atoms with van der Waals surface area (Å²) in [5.41, 5.74) is -1.33. The third-order valence-corrected chi connectivity index (χ3v) is 7.33. The number of aliphatic hydroxyl groups is 1. The van der Waals surface area contributed by atoms with Crippen LogP contribution in [0.25, 0.3) is 0 Å². The molecule has 214 valence electrons. The lowest BCUT2D eigenvalue weighted by Crippen LogP contribution is -2.61. The van der Waals surface area contributed by atoms with Gasteiger partial charge in [-0.2, -0.15) is 13.5 Å². The summed E-state index contributed by atoms with van der Waals surface area (Å²) >= 11 is 6.17. The number of nitrogens with one attached hydrogen (secondary N) is 2. The Morgan fingerprint density at radius 1 is 1.10 bits per heavy atom. The van der Waals surface area contributed by atoms with Crippen LogP contribution in [0.5, 0.6) is 0 Å². The molecule has 7 nitrogen and oxygen atoms in total. The summed E-state index contributed by atoms with van der Waals surface area (Å²) in [5, 5.41) is 16.4. The van der Waals surface area contributed by atoms with Crippen molar-refractivity contribution in [3.8, 4) is 0 Å². The van der Waals surface area contributed by atoms with Gasteiger partial charge in [0.25, 0.3) is 18.2 Å². The van der Waals surface area contributed by atoms with Crippen LogP contribution in [0.2, 0.25) is 5.02 Å². The molecule has 3 N–H and O–H groups in total. The van der Waals surface area contributed by atoms with Crippen LogP contribution in [-0.2, 0) is 10.4 Å². The summed E-state index contributed by atoms with van der Waals surface area (Å²) in [5.74, 6) is -2.97. The minimum Gasteiger partial charge on any atom is -0.380 e. The Kier molecular flexibility index (Phi) is 10.1. The number of anilines is 1. The number of rotatable bonds is 8. The molecule has 0 saturated carbocycles. The SMILES string of the molecule is C[C@@](O)(C(=O)N1CCC(N2CC(Nc3ccc(C(=O)NCC(F)F)c(Cl)c3)C2)CC1)c1cc(F)cc(F)c1.S. The van der Waals surface area contributed by atoms with E-state index in [4.69, 9.17) is 11.6 Å². The van der Waals surface area contributed by atoms with E-state index >= 15 is 0 Å². The highest BCUT2D eigenvalue weighted by Gasteiger charge is 2.40. The molecular weight excluding hydrogens is 560 g/mol. The average Bonchev–Trinajstić information content (AvgIpc) is 2.83. The van der Waals surface area contributed by atoms with Gasteiger partial charge in [-0.25, -0.2) is 17.6 Å². The third kappa shape index (κ3) is 7.36. The minimum absolute atomic E-state index is 0. The highest BCUT2D eigenvalue weighted by atomic mass is 35.5. The molecule has 0 radical (unpaired) electrons. The normalized spacial score (nSPS) is 18.2. The largest absolute Gasteiger partial charge is 0.380 e. The molecule has 13 heteroatoms. The molecule has 0 aromatic heterocycles. The number of halogens is 5. The van der Waals surface area contributed by atoms with Gasteiger partial charge in [-0.15, -0.1) is 0 Å². The first-order valence-electron chi connectivity index (χ1n) is 12.3. The van der Waals surface area contributed by atoms with E-state index in [9.17, 15) is 32.3 Å². The summed E-state index contributed by atoms with van der Waals surface area (Å²) in [4.78, 5) is 28.7. The first-order chi connectivity index (χ1) is 17.9. The Hall–Kier alpha value is -2.54. The number of nitrogens with zero attached hydrogens (tertiary/aromatic N) is 2. The van der Waals surface area contributed by atoms with E-state index < -0.39 is 42.0 Å². The lowest BCUT2D eigenvalue weighted by atomic mass is 9.91. The molecule has 2 heterocycles. The molecule has 2 amide bonds. The van der Waals surface area contributed by atoms with Crippen molar-refractivity contribution >= 4 is 42.6 Å². The molecular formula is C26H31ClF4N4O3S. The summed E-state index contributed by atoms with van der Waals surface area (Å²) in [6, 6.07) is 7.75. The van der Waals surface area contributed by atoms with E-state index in [1.807, 2.05) is 0 Å². The van der Waals surface area contributed by atoms with Crippen LogP contribution < -0.4 is 10.6 Å². The molecule has 2 saturated heterocycles. The van der Waals surface area contributed by atoms with Gasteiger partial charge in [0.05, 0.1) is 23.2 Å². The van der Waals surface area contributed by atoms with E-state index in [0.717, 1.165) is 25.2 Å². The molecule has 4 rings (SSSR count). The van der Waals surface area contributed by atoms with Crippen LogP contribution in [0.3, 0.4) is 0 Å². The van der Waals surface area contributed by atoms with Gasteiger partial charge in [-0.05, 0) is 55.7 Å². The molecule has 0 bridgehead atoms. The number of carbonyl (C=O) groups is 2. The fourth-order valence-corrected chi connectivity index (χ4v) is 5.16. The second-order valence-corrected chi connectivity index (χ2v) is 10.3. The second-order valence-electron chi connectivity index (χ2n) is 9.84. The molecule has 2 aliphatic rings. The highest BCUT2D eigenvalue weighted by Crippen LogP contribution is 2.29. The van der Waals surface area contributed by atoms with Crippen LogP contribution in [0.4, 0.5) is 23.2 Å². The van der Waals surface area contributed by atoms with E-state index in [0.29, 0.717) is 37.7 Å². The molecule has 2 aromatic carbocycles. The van der Waals surface area contributed by atoms with Crippen molar-refractivity contribution in [3.63, 3.8) is 0 Å². The molecule has 1 atom stereocenters. The van der Waals surface area contributed by atoms with Gasteiger partial charge in [0, 0.05) is 44.0 Å². The standard InChI is InChI=1S/C26H29ClF4N4O3.H2S/c1-26(38,15-8-16(28)10-17(29)9-15)25(37)34-6-4-20(5-7-34)35-13-19(14-35)33-18-2-3-21(22(27)11-18)24(36)32-12-23(30)31;/h2-3,8-11,19-20,23,33,38H,4-7,12-14H2,1H3,(H,32,36);1H2/t26-;/m0./s1. The molecule has 39 heavy (non-hydrogen) atoms. The quantitative estimate of drug-likeness (QED) is 0.408. The Bertz CT molecular complexity index is 1170. The van der Waals surface area contributed by atoms with Crippen LogP contribution in [0, 0.1) is 11.6 Å². The fraction of sp³-hybridized carbons (Fsp3) is 0.462. The van der Waals surface area contributed by atoms with Crippen LogP contribution in [0.15, 0.2) is 36.4 Å². The second kappa shape index (κ2) is 12.8. The van der Waals surface area contributed by atoms with Gasteiger partial charge in [-0.1, -0.05) is 11.6 Å². The van der Waals surface area contributed by atoms with E-state index in [1.54, 1.807) is 12.1 Å². The van der Waals surface area contributed by atoms with Gasteiger partial charge in [0.15, 0.2) is 5.60 Å². The lowest BCUT2D eigenvalue weighted by Gasteiger charge is -2.48. The maximum Gasteiger partial charge on any atom is 0.258 e. The van der Waals surface area contributed by atoms with Crippen molar-refractivity contribution in [2.45, 2.75) is 43.9 Å². The predicted octanol–water partition coefficient (Wildman–Crippen LogP) is 3.72. The van der Waals surface area contributed by atoms with E-state index in [2.05, 4.69) is 15.5 Å². The summed E-state index contributed by atoms with van der Waals surface area (Å²) < 4.78 is 51.8. The van der Waals surface area contributed by atoms with Crippen LogP contribution in [0.1, 0.15) is 35.7 Å².